The summed E-state index contributed by atoms with van der Waals surface area (Å²) in [6.45, 7) is 5.83. The summed E-state index contributed by atoms with van der Waals surface area (Å²) in [5, 5.41) is 10.3. The lowest BCUT2D eigenvalue weighted by Crippen LogP contribution is -2.17. The average Bonchev–Trinajstić information content (AvgIpc) is 2.50. The summed E-state index contributed by atoms with van der Waals surface area (Å²) in [4.78, 5) is 0. The first-order valence-corrected chi connectivity index (χ1v) is 9.63. The fourth-order valence-corrected chi connectivity index (χ4v) is 4.59. The average molecular weight is 348 g/mol. The Labute approximate surface area is 144 Å². The van der Waals surface area contributed by atoms with Gasteiger partial charge in [0.05, 0.1) is 24.7 Å². The molecule has 0 saturated carbocycles. The van der Waals surface area contributed by atoms with Crippen molar-refractivity contribution in [1.82, 2.24) is 0 Å². The number of methoxy groups -OCH3 is 1. The molecule has 0 aliphatic rings. The number of rotatable bonds is 6. The summed E-state index contributed by atoms with van der Waals surface area (Å²) >= 11 is 0. The van der Waals surface area contributed by atoms with E-state index in [2.05, 4.69) is 0 Å². The normalized spacial score (nSPS) is 12.9. The van der Waals surface area contributed by atoms with Crippen LogP contribution >= 0.6 is 0 Å². The minimum absolute atomic E-state index is 0.0635. The van der Waals surface area contributed by atoms with Crippen molar-refractivity contribution in [2.45, 2.75) is 32.6 Å². The van der Waals surface area contributed by atoms with E-state index in [0.717, 1.165) is 22.3 Å². The SMILES string of the molecule is COc1cccc(C(O)CS(=O)(=O)Cc2c(C)cc(C)cc2C)c1. The highest BCUT2D eigenvalue weighted by Crippen LogP contribution is 2.24. The number of sulfone groups is 1. The number of aryl methyl sites for hydroxylation is 3. The summed E-state index contributed by atoms with van der Waals surface area (Å²) in [5.74, 6) is 0.216. The zero-order valence-corrected chi connectivity index (χ0v) is 15.4. The maximum atomic E-state index is 12.5. The van der Waals surface area contributed by atoms with Gasteiger partial charge in [-0.25, -0.2) is 8.42 Å². The first-order valence-electron chi connectivity index (χ1n) is 7.81. The zero-order valence-electron chi connectivity index (χ0n) is 14.5. The van der Waals surface area contributed by atoms with E-state index in [1.165, 1.54) is 7.11 Å². The number of hydrogen-bond acceptors (Lipinski definition) is 4. The van der Waals surface area contributed by atoms with Crippen LogP contribution in [-0.2, 0) is 15.6 Å². The first kappa shape index (κ1) is 18.5. The molecule has 1 unspecified atom stereocenters. The number of ether oxygens (including phenoxy) is 1. The molecule has 1 atom stereocenters. The fraction of sp³-hybridized carbons (Fsp3) is 0.368. The lowest BCUT2D eigenvalue weighted by atomic mass is 10.0. The van der Waals surface area contributed by atoms with Gasteiger partial charge >= 0.3 is 0 Å². The van der Waals surface area contributed by atoms with Crippen LogP contribution in [0.15, 0.2) is 36.4 Å². The van der Waals surface area contributed by atoms with Gasteiger partial charge in [0.25, 0.3) is 0 Å². The summed E-state index contributed by atoms with van der Waals surface area (Å²) in [6, 6.07) is 10.8. The molecule has 1 N–H and O–H groups in total. The molecule has 0 aliphatic heterocycles. The Hall–Kier alpha value is -1.85. The van der Waals surface area contributed by atoms with Crippen molar-refractivity contribution in [1.29, 1.82) is 0 Å². The highest BCUT2D eigenvalue weighted by atomic mass is 32.2. The molecule has 2 aromatic carbocycles. The largest absolute Gasteiger partial charge is 0.497 e. The molecule has 0 heterocycles. The van der Waals surface area contributed by atoms with Gasteiger partial charge in [0.2, 0.25) is 0 Å². The van der Waals surface area contributed by atoms with Crippen molar-refractivity contribution < 1.29 is 18.3 Å². The second-order valence-corrected chi connectivity index (χ2v) is 8.33. The standard InChI is InChI=1S/C19H24O4S/c1-13-8-14(2)18(15(3)9-13)11-24(21,22)12-19(20)16-6-5-7-17(10-16)23-4/h5-10,19-20H,11-12H2,1-4H3. The van der Waals surface area contributed by atoms with E-state index in [9.17, 15) is 13.5 Å². The van der Waals surface area contributed by atoms with Crippen LogP contribution in [0.25, 0.3) is 0 Å². The molecule has 24 heavy (non-hydrogen) atoms. The van der Waals surface area contributed by atoms with Crippen LogP contribution in [0.5, 0.6) is 5.75 Å². The highest BCUT2D eigenvalue weighted by molar-refractivity contribution is 7.90. The Bertz CT molecular complexity index is 802. The third-order valence-corrected chi connectivity index (χ3v) is 5.65. The van der Waals surface area contributed by atoms with Crippen molar-refractivity contribution in [2.75, 3.05) is 12.9 Å². The van der Waals surface area contributed by atoms with E-state index in [4.69, 9.17) is 4.74 Å². The van der Waals surface area contributed by atoms with Crippen LogP contribution in [0, 0.1) is 20.8 Å². The van der Waals surface area contributed by atoms with E-state index < -0.39 is 15.9 Å². The molecule has 5 heteroatoms. The first-order chi connectivity index (χ1) is 11.2. The number of hydrogen-bond donors (Lipinski definition) is 1. The van der Waals surface area contributed by atoms with Gasteiger partial charge in [-0.05, 0) is 55.2 Å². The third kappa shape index (κ3) is 4.58. The summed E-state index contributed by atoms with van der Waals surface area (Å²) in [5.41, 5.74) is 4.40. The monoisotopic (exact) mass is 348 g/mol. The molecule has 0 spiro atoms. The molecular formula is C19H24O4S. The second kappa shape index (κ2) is 7.36. The molecule has 4 nitrogen and oxygen atoms in total. The van der Waals surface area contributed by atoms with Gasteiger partial charge in [-0.15, -0.1) is 0 Å². The van der Waals surface area contributed by atoms with Crippen LogP contribution in [0.2, 0.25) is 0 Å². The minimum atomic E-state index is -3.45. The molecule has 0 radical (unpaired) electrons. The van der Waals surface area contributed by atoms with Crippen LogP contribution < -0.4 is 4.74 Å². The zero-order chi connectivity index (χ0) is 17.9. The van der Waals surface area contributed by atoms with E-state index in [0.29, 0.717) is 11.3 Å². The van der Waals surface area contributed by atoms with Gasteiger partial charge in [-0.1, -0.05) is 29.8 Å². The topological polar surface area (TPSA) is 63.6 Å². The Morgan fingerprint density at radius 1 is 1.08 bits per heavy atom. The summed E-state index contributed by atoms with van der Waals surface area (Å²) in [6.07, 6.45) is -1.07. The minimum Gasteiger partial charge on any atom is -0.497 e. The lowest BCUT2D eigenvalue weighted by Gasteiger charge is -2.15. The molecule has 2 rings (SSSR count). The van der Waals surface area contributed by atoms with Crippen LogP contribution in [0.1, 0.15) is 33.9 Å². The molecule has 0 fully saturated rings. The van der Waals surface area contributed by atoms with E-state index in [1.807, 2.05) is 32.9 Å². The third-order valence-electron chi connectivity index (χ3n) is 4.09. The summed E-state index contributed by atoms with van der Waals surface area (Å²) in [7, 11) is -1.92. The van der Waals surface area contributed by atoms with Crippen molar-refractivity contribution >= 4 is 9.84 Å². The molecular weight excluding hydrogens is 324 g/mol. The molecule has 0 aliphatic carbocycles. The fourth-order valence-electron chi connectivity index (χ4n) is 2.90. The van der Waals surface area contributed by atoms with Crippen molar-refractivity contribution in [3.63, 3.8) is 0 Å². The predicted molar refractivity (Wildman–Crippen MR) is 96.1 cm³/mol. The molecule has 0 bridgehead atoms. The van der Waals surface area contributed by atoms with Gasteiger partial charge in [-0.3, -0.25) is 0 Å². The Balaban J connectivity index is 2.19. The molecule has 2 aromatic rings. The van der Waals surface area contributed by atoms with Gasteiger partial charge < -0.3 is 9.84 Å². The maximum absolute atomic E-state index is 12.5. The van der Waals surface area contributed by atoms with E-state index in [-0.39, 0.29) is 11.5 Å². The van der Waals surface area contributed by atoms with Crippen molar-refractivity contribution in [3.05, 3.63) is 64.2 Å². The van der Waals surface area contributed by atoms with Gasteiger partial charge in [0, 0.05) is 0 Å². The molecule has 130 valence electrons. The van der Waals surface area contributed by atoms with E-state index in [1.54, 1.807) is 24.3 Å². The van der Waals surface area contributed by atoms with Crippen molar-refractivity contribution in [3.8, 4) is 5.75 Å². The Morgan fingerprint density at radius 3 is 2.29 bits per heavy atom. The van der Waals surface area contributed by atoms with E-state index >= 15 is 0 Å². The number of aliphatic hydroxyl groups is 1. The van der Waals surface area contributed by atoms with Gasteiger partial charge in [0.15, 0.2) is 9.84 Å². The lowest BCUT2D eigenvalue weighted by molar-refractivity contribution is 0.201. The van der Waals surface area contributed by atoms with Crippen LogP contribution in [0.3, 0.4) is 0 Å². The maximum Gasteiger partial charge on any atom is 0.157 e. The smallest absolute Gasteiger partial charge is 0.157 e. The van der Waals surface area contributed by atoms with Gasteiger partial charge in [0.1, 0.15) is 5.75 Å². The molecule has 0 saturated heterocycles. The number of benzene rings is 2. The predicted octanol–water partition coefficient (Wildman–Crippen LogP) is 3.27. The summed E-state index contributed by atoms with van der Waals surface area (Å²) < 4.78 is 30.2. The quantitative estimate of drug-likeness (QED) is 0.870. The molecule has 0 aromatic heterocycles. The van der Waals surface area contributed by atoms with Crippen LogP contribution in [-0.4, -0.2) is 26.4 Å². The Morgan fingerprint density at radius 2 is 1.71 bits per heavy atom. The Kier molecular flexibility index (Phi) is 5.67. The van der Waals surface area contributed by atoms with Gasteiger partial charge in [-0.2, -0.15) is 0 Å². The highest BCUT2D eigenvalue weighted by Gasteiger charge is 2.21. The second-order valence-electron chi connectivity index (χ2n) is 6.22. The number of aliphatic hydroxyl groups excluding tert-OH is 1. The molecule has 0 amide bonds. The van der Waals surface area contributed by atoms with Crippen molar-refractivity contribution in [2.24, 2.45) is 0 Å². The van der Waals surface area contributed by atoms with Crippen LogP contribution in [0.4, 0.5) is 0 Å².